The fraction of sp³-hybridized carbons (Fsp3) is 0.618. The molecule has 0 aromatic heterocycles. The van der Waals surface area contributed by atoms with Gasteiger partial charge in [-0.05, 0) is 67.9 Å². The first kappa shape index (κ1) is 31.1. The molecule has 2 aromatic rings. The van der Waals surface area contributed by atoms with E-state index >= 15 is 0 Å². The maximum Gasteiger partial charge on any atom is 0.338 e. The van der Waals surface area contributed by atoms with Crippen LogP contribution in [0, 0.1) is 17.6 Å². The van der Waals surface area contributed by atoms with Crippen molar-refractivity contribution in [2.45, 2.75) is 123 Å². The molecule has 0 radical (unpaired) electrons. The molecule has 1 aliphatic rings. The third kappa shape index (κ3) is 10.2. The average molecular weight is 543 g/mol. The number of halogens is 2. The summed E-state index contributed by atoms with van der Waals surface area (Å²) in [5.74, 6) is -1.57. The van der Waals surface area contributed by atoms with Crippen molar-refractivity contribution in [3.05, 3.63) is 53.6 Å². The lowest BCUT2D eigenvalue weighted by atomic mass is 9.84. The van der Waals surface area contributed by atoms with Crippen molar-refractivity contribution in [1.29, 1.82) is 0 Å². The number of hydrogen-bond acceptors (Lipinski definition) is 3. The molecule has 0 aliphatic heterocycles. The summed E-state index contributed by atoms with van der Waals surface area (Å²) in [4.78, 5) is 12.7. The molecule has 0 saturated heterocycles. The van der Waals surface area contributed by atoms with Crippen molar-refractivity contribution in [3.63, 3.8) is 0 Å². The van der Waals surface area contributed by atoms with Crippen LogP contribution in [-0.2, 0) is 4.74 Å². The molecule has 1 aliphatic carbocycles. The fourth-order valence-electron chi connectivity index (χ4n) is 5.51. The van der Waals surface area contributed by atoms with Gasteiger partial charge in [0.25, 0.3) is 0 Å². The molecule has 1 saturated carbocycles. The van der Waals surface area contributed by atoms with Gasteiger partial charge >= 0.3 is 5.97 Å². The van der Waals surface area contributed by atoms with E-state index in [1.54, 1.807) is 24.3 Å². The minimum atomic E-state index is -0.974. The molecule has 2 aromatic carbocycles. The van der Waals surface area contributed by atoms with Crippen LogP contribution >= 0.6 is 0 Å². The second kappa shape index (κ2) is 17.3. The van der Waals surface area contributed by atoms with Gasteiger partial charge in [-0.1, -0.05) is 96.6 Å². The molecule has 1 fully saturated rings. The minimum Gasteiger partial charge on any atom is -0.490 e. The van der Waals surface area contributed by atoms with Gasteiger partial charge in [0, 0.05) is 5.56 Å². The lowest BCUT2D eigenvalue weighted by Gasteiger charge is -2.28. The Kier molecular flexibility index (Phi) is 13.8. The fourth-order valence-corrected chi connectivity index (χ4v) is 5.51. The lowest BCUT2D eigenvalue weighted by molar-refractivity contribution is 0.0161. The van der Waals surface area contributed by atoms with E-state index < -0.39 is 11.6 Å². The summed E-state index contributed by atoms with van der Waals surface area (Å²) in [5.41, 5.74) is 1.08. The van der Waals surface area contributed by atoms with Gasteiger partial charge < -0.3 is 9.47 Å². The number of benzene rings is 2. The van der Waals surface area contributed by atoms with Gasteiger partial charge in [0.1, 0.15) is 6.10 Å². The average Bonchev–Trinajstić information content (AvgIpc) is 2.95. The predicted molar refractivity (Wildman–Crippen MR) is 155 cm³/mol. The number of hydrogen-bond donors (Lipinski definition) is 0. The van der Waals surface area contributed by atoms with Gasteiger partial charge in [0.15, 0.2) is 11.6 Å². The monoisotopic (exact) mass is 542 g/mol. The van der Waals surface area contributed by atoms with Crippen LogP contribution in [0.2, 0.25) is 0 Å². The highest BCUT2D eigenvalue weighted by atomic mass is 19.2. The number of carbonyl (C=O) groups is 1. The molecule has 5 heteroatoms. The number of esters is 1. The molecule has 0 bridgehead atoms. The molecule has 3 nitrogen and oxygen atoms in total. The van der Waals surface area contributed by atoms with Gasteiger partial charge in [-0.2, -0.15) is 4.39 Å². The molecule has 39 heavy (non-hydrogen) atoms. The summed E-state index contributed by atoms with van der Waals surface area (Å²) in [6.45, 7) is 4.79. The van der Waals surface area contributed by atoms with Crippen LogP contribution in [0.4, 0.5) is 8.78 Å². The summed E-state index contributed by atoms with van der Waals surface area (Å²) in [7, 11) is 0. The molecule has 0 N–H and O–H groups in total. The first-order valence-corrected chi connectivity index (χ1v) is 15.5. The zero-order valence-corrected chi connectivity index (χ0v) is 24.1. The summed E-state index contributed by atoms with van der Waals surface area (Å²) < 4.78 is 40.8. The Bertz CT molecular complexity index is 981. The van der Waals surface area contributed by atoms with E-state index in [-0.39, 0.29) is 23.4 Å². The van der Waals surface area contributed by atoms with Gasteiger partial charge in [-0.3, -0.25) is 0 Å². The lowest BCUT2D eigenvalue weighted by Crippen LogP contribution is -2.24. The molecular weight excluding hydrogens is 494 g/mol. The normalized spacial score (nSPS) is 17.2. The molecular formula is C34H48F2O3. The van der Waals surface area contributed by atoms with Crippen molar-refractivity contribution < 1.29 is 23.0 Å². The maximum absolute atomic E-state index is 14.8. The van der Waals surface area contributed by atoms with E-state index in [2.05, 4.69) is 13.8 Å². The van der Waals surface area contributed by atoms with Crippen LogP contribution in [0.3, 0.4) is 0 Å². The van der Waals surface area contributed by atoms with Gasteiger partial charge in [-0.15, -0.1) is 0 Å². The first-order chi connectivity index (χ1) is 19.0. The molecule has 0 unspecified atom stereocenters. The summed E-state index contributed by atoms with van der Waals surface area (Å²) in [6.07, 6.45) is 18.5. The predicted octanol–water partition coefficient (Wildman–Crippen LogP) is 10.4. The summed E-state index contributed by atoms with van der Waals surface area (Å²) in [5, 5.41) is 0. The van der Waals surface area contributed by atoms with Crippen LogP contribution in [-0.4, -0.2) is 18.7 Å². The minimum absolute atomic E-state index is 0.0380. The van der Waals surface area contributed by atoms with Crippen LogP contribution in [0.5, 0.6) is 5.75 Å². The topological polar surface area (TPSA) is 35.5 Å². The highest BCUT2D eigenvalue weighted by Crippen LogP contribution is 2.32. The molecule has 0 spiro atoms. The van der Waals surface area contributed by atoms with Crippen molar-refractivity contribution in [3.8, 4) is 16.9 Å². The van der Waals surface area contributed by atoms with Crippen LogP contribution in [0.15, 0.2) is 36.4 Å². The molecule has 3 rings (SSSR count). The van der Waals surface area contributed by atoms with E-state index in [1.165, 1.54) is 69.9 Å². The van der Waals surface area contributed by atoms with E-state index in [9.17, 15) is 13.6 Å². The molecule has 0 atom stereocenters. The maximum atomic E-state index is 14.8. The van der Waals surface area contributed by atoms with Crippen LogP contribution < -0.4 is 4.74 Å². The number of rotatable bonds is 17. The third-order valence-electron chi connectivity index (χ3n) is 8.02. The van der Waals surface area contributed by atoms with Crippen molar-refractivity contribution >= 4 is 5.97 Å². The third-order valence-corrected chi connectivity index (χ3v) is 8.02. The zero-order valence-electron chi connectivity index (χ0n) is 24.1. The standard InChI is InChI=1S/C34H48F2O3/c1-3-5-7-9-11-13-25-38-31-24-23-30(32(35)33(31)36)27-17-19-28(20-18-27)34(37)39-29-21-15-26(16-22-29)14-12-10-8-6-4-2/h17-20,23-24,26,29H,3-16,21-22,25H2,1-2H3/t26-,29-. The van der Waals surface area contributed by atoms with E-state index in [0.717, 1.165) is 50.9 Å². The second-order valence-electron chi connectivity index (χ2n) is 11.2. The number of unbranched alkanes of at least 4 members (excludes halogenated alkanes) is 9. The van der Waals surface area contributed by atoms with Gasteiger partial charge in [0.05, 0.1) is 12.2 Å². The molecule has 0 heterocycles. The largest absolute Gasteiger partial charge is 0.490 e. The van der Waals surface area contributed by atoms with Crippen LogP contribution in [0.25, 0.3) is 11.1 Å². The number of ether oxygens (including phenoxy) is 2. The van der Waals surface area contributed by atoms with Crippen molar-refractivity contribution in [2.75, 3.05) is 6.61 Å². The van der Waals surface area contributed by atoms with E-state index in [4.69, 9.17) is 9.47 Å². The smallest absolute Gasteiger partial charge is 0.338 e. The highest BCUT2D eigenvalue weighted by Gasteiger charge is 2.24. The zero-order chi connectivity index (χ0) is 27.9. The Morgan fingerprint density at radius 3 is 2.03 bits per heavy atom. The van der Waals surface area contributed by atoms with E-state index in [1.807, 2.05) is 0 Å². The molecule has 216 valence electrons. The Balaban J connectivity index is 1.45. The van der Waals surface area contributed by atoms with Gasteiger partial charge in [0.2, 0.25) is 5.82 Å². The molecule has 0 amide bonds. The summed E-state index contributed by atoms with van der Waals surface area (Å²) >= 11 is 0. The van der Waals surface area contributed by atoms with Gasteiger partial charge in [-0.25, -0.2) is 9.18 Å². The van der Waals surface area contributed by atoms with Crippen molar-refractivity contribution in [1.82, 2.24) is 0 Å². The Labute approximate surface area is 234 Å². The first-order valence-electron chi connectivity index (χ1n) is 15.5. The van der Waals surface area contributed by atoms with Crippen LogP contribution in [0.1, 0.15) is 127 Å². The number of carbonyl (C=O) groups excluding carboxylic acids is 1. The SMILES string of the molecule is CCCCCCCCOc1ccc(-c2ccc(C(=O)O[C@H]3CC[C@H](CCCCCCC)CC3)cc2)c(F)c1F. The van der Waals surface area contributed by atoms with Crippen molar-refractivity contribution in [2.24, 2.45) is 5.92 Å². The summed E-state index contributed by atoms with van der Waals surface area (Å²) in [6, 6.07) is 9.54. The quantitative estimate of drug-likeness (QED) is 0.147. The van der Waals surface area contributed by atoms with E-state index in [0.29, 0.717) is 17.7 Å². The Hall–Kier alpha value is -2.43. The Morgan fingerprint density at radius 2 is 1.36 bits per heavy atom. The highest BCUT2D eigenvalue weighted by molar-refractivity contribution is 5.90. The second-order valence-corrected chi connectivity index (χ2v) is 11.2. The Morgan fingerprint density at radius 1 is 0.744 bits per heavy atom.